The number of nitrogens with zero attached hydrogens (tertiary/aromatic N) is 1. The number of H-pyrrole nitrogens is 1. The summed E-state index contributed by atoms with van der Waals surface area (Å²) < 4.78 is 62.8. The molecule has 0 amide bonds. The first-order valence-electron chi connectivity index (χ1n) is 7.26. The average Bonchev–Trinajstić information content (AvgIpc) is 2.61. The van der Waals surface area contributed by atoms with Crippen LogP contribution in [0.5, 0.6) is 0 Å². The number of hydrogen-bond acceptors (Lipinski definition) is 4. The molecular formula is C17H11F3N2O3S. The zero-order valence-corrected chi connectivity index (χ0v) is 13.8. The molecule has 0 fully saturated rings. The van der Waals surface area contributed by atoms with Gasteiger partial charge >= 0.3 is 6.18 Å². The van der Waals surface area contributed by atoms with Crippen molar-refractivity contribution in [1.82, 2.24) is 10.2 Å². The van der Waals surface area contributed by atoms with E-state index in [1.807, 2.05) is 0 Å². The Morgan fingerprint density at radius 1 is 0.846 bits per heavy atom. The number of halogens is 3. The molecule has 1 aromatic heterocycles. The lowest BCUT2D eigenvalue weighted by Gasteiger charge is -2.08. The van der Waals surface area contributed by atoms with Crippen molar-refractivity contribution in [2.45, 2.75) is 16.0 Å². The second-order valence-electron chi connectivity index (χ2n) is 5.35. The fraction of sp³-hybridized carbons (Fsp3) is 0.0588. The van der Waals surface area contributed by atoms with E-state index in [0.29, 0.717) is 11.1 Å². The molecule has 0 spiro atoms. The number of rotatable bonds is 3. The molecule has 0 aliphatic rings. The van der Waals surface area contributed by atoms with Crippen LogP contribution in [0.15, 0.2) is 75.4 Å². The predicted molar refractivity (Wildman–Crippen MR) is 87.2 cm³/mol. The minimum absolute atomic E-state index is 0.107. The molecule has 5 nitrogen and oxygen atoms in total. The number of aromatic amines is 1. The molecule has 134 valence electrons. The molecule has 0 radical (unpaired) electrons. The van der Waals surface area contributed by atoms with Gasteiger partial charge in [-0.2, -0.15) is 18.3 Å². The SMILES string of the molecule is O=c1[nH]nccc1S(=O)(=O)c1ccc(-c2ccc(C(F)(F)F)cc2)cc1. The van der Waals surface area contributed by atoms with Crippen LogP contribution in [0.25, 0.3) is 11.1 Å². The molecule has 0 unspecified atom stereocenters. The molecule has 3 rings (SSSR count). The zero-order chi connectivity index (χ0) is 18.9. The number of nitrogens with one attached hydrogen (secondary N) is 1. The van der Waals surface area contributed by atoms with Crippen LogP contribution in [-0.4, -0.2) is 18.6 Å². The second-order valence-corrected chi connectivity index (χ2v) is 7.27. The summed E-state index contributed by atoms with van der Waals surface area (Å²) in [6, 6.07) is 11.1. The first kappa shape index (κ1) is 17.9. The van der Waals surface area contributed by atoms with E-state index >= 15 is 0 Å². The van der Waals surface area contributed by atoms with Gasteiger partial charge in [-0.25, -0.2) is 13.5 Å². The molecule has 26 heavy (non-hydrogen) atoms. The predicted octanol–water partition coefficient (Wildman–Crippen LogP) is 3.29. The number of alkyl halides is 3. The molecule has 0 aliphatic carbocycles. The molecule has 0 saturated carbocycles. The van der Waals surface area contributed by atoms with Gasteiger partial charge < -0.3 is 0 Å². The van der Waals surface area contributed by atoms with E-state index in [9.17, 15) is 26.4 Å². The third-order valence-corrected chi connectivity index (χ3v) is 5.48. The molecule has 3 aromatic rings. The Labute approximate surface area is 146 Å². The number of hydrogen-bond donors (Lipinski definition) is 1. The largest absolute Gasteiger partial charge is 0.416 e. The molecule has 9 heteroatoms. The molecule has 2 aromatic carbocycles. The highest BCUT2D eigenvalue weighted by atomic mass is 32.2. The molecule has 0 saturated heterocycles. The quantitative estimate of drug-likeness (QED) is 0.756. The lowest BCUT2D eigenvalue weighted by molar-refractivity contribution is -0.137. The van der Waals surface area contributed by atoms with E-state index in [-0.39, 0.29) is 4.90 Å². The van der Waals surface area contributed by atoms with Crippen LogP contribution < -0.4 is 5.56 Å². The summed E-state index contributed by atoms with van der Waals surface area (Å²) in [4.78, 5) is 11.1. The van der Waals surface area contributed by atoms with E-state index in [1.165, 1.54) is 36.4 Å². The van der Waals surface area contributed by atoms with Crippen molar-refractivity contribution in [3.8, 4) is 11.1 Å². The van der Waals surface area contributed by atoms with Crippen LogP contribution >= 0.6 is 0 Å². The summed E-state index contributed by atoms with van der Waals surface area (Å²) in [5, 5.41) is 5.50. The lowest BCUT2D eigenvalue weighted by Crippen LogP contribution is -2.18. The maximum atomic E-state index is 12.6. The summed E-state index contributed by atoms with van der Waals surface area (Å²) in [6.07, 6.45) is -3.26. The topological polar surface area (TPSA) is 79.9 Å². The summed E-state index contributed by atoms with van der Waals surface area (Å²) in [5.74, 6) is 0. The summed E-state index contributed by atoms with van der Waals surface area (Å²) >= 11 is 0. The van der Waals surface area contributed by atoms with Crippen LogP contribution in [0.3, 0.4) is 0 Å². The van der Waals surface area contributed by atoms with E-state index < -0.39 is 32.0 Å². The number of sulfone groups is 1. The van der Waals surface area contributed by atoms with Gasteiger partial charge in [0.2, 0.25) is 9.84 Å². The van der Waals surface area contributed by atoms with Crippen molar-refractivity contribution in [1.29, 1.82) is 0 Å². The Hall–Kier alpha value is -2.94. The van der Waals surface area contributed by atoms with Gasteiger partial charge in [-0.05, 0) is 41.5 Å². The Bertz CT molecular complexity index is 1090. The summed E-state index contributed by atoms with van der Waals surface area (Å²) in [7, 11) is -4.03. The zero-order valence-electron chi connectivity index (χ0n) is 13.0. The maximum absolute atomic E-state index is 12.6. The van der Waals surface area contributed by atoms with Gasteiger partial charge in [0.25, 0.3) is 5.56 Å². The van der Waals surface area contributed by atoms with Gasteiger partial charge in [0.05, 0.1) is 10.5 Å². The smallest absolute Gasteiger partial charge is 0.267 e. The van der Waals surface area contributed by atoms with Crippen molar-refractivity contribution in [2.75, 3.05) is 0 Å². The molecule has 0 bridgehead atoms. The first-order valence-corrected chi connectivity index (χ1v) is 8.74. The van der Waals surface area contributed by atoms with Crippen LogP contribution in [0.4, 0.5) is 13.2 Å². The van der Waals surface area contributed by atoms with E-state index in [0.717, 1.165) is 24.4 Å². The Balaban J connectivity index is 1.94. The van der Waals surface area contributed by atoms with Gasteiger partial charge in [-0.1, -0.05) is 24.3 Å². The minimum atomic E-state index is -4.42. The molecule has 1 heterocycles. The number of aromatic nitrogens is 2. The van der Waals surface area contributed by atoms with E-state index in [1.54, 1.807) is 0 Å². The van der Waals surface area contributed by atoms with Crippen LogP contribution in [0, 0.1) is 0 Å². The number of benzene rings is 2. The van der Waals surface area contributed by atoms with Gasteiger partial charge in [0.1, 0.15) is 4.90 Å². The monoisotopic (exact) mass is 380 g/mol. The third kappa shape index (κ3) is 3.38. The molecule has 0 aliphatic heterocycles. The summed E-state index contributed by atoms with van der Waals surface area (Å²) in [6.45, 7) is 0. The first-order chi connectivity index (χ1) is 12.2. The Morgan fingerprint density at radius 3 is 1.88 bits per heavy atom. The second kappa shape index (κ2) is 6.41. The molecular weight excluding hydrogens is 369 g/mol. The minimum Gasteiger partial charge on any atom is -0.267 e. The van der Waals surface area contributed by atoms with Gasteiger partial charge in [-0.3, -0.25) is 4.79 Å². The van der Waals surface area contributed by atoms with Crippen molar-refractivity contribution in [3.63, 3.8) is 0 Å². The van der Waals surface area contributed by atoms with Crippen molar-refractivity contribution in [2.24, 2.45) is 0 Å². The maximum Gasteiger partial charge on any atom is 0.416 e. The van der Waals surface area contributed by atoms with Crippen molar-refractivity contribution >= 4 is 9.84 Å². The Morgan fingerprint density at radius 2 is 1.38 bits per heavy atom. The van der Waals surface area contributed by atoms with Crippen molar-refractivity contribution in [3.05, 3.63) is 76.7 Å². The van der Waals surface area contributed by atoms with Crippen LogP contribution in [-0.2, 0) is 16.0 Å². The fourth-order valence-electron chi connectivity index (χ4n) is 2.35. The van der Waals surface area contributed by atoms with E-state index in [4.69, 9.17) is 0 Å². The Kier molecular flexibility index (Phi) is 4.41. The van der Waals surface area contributed by atoms with Gasteiger partial charge in [0, 0.05) is 6.20 Å². The molecule has 1 N–H and O–H groups in total. The molecule has 0 atom stereocenters. The van der Waals surface area contributed by atoms with Crippen molar-refractivity contribution < 1.29 is 21.6 Å². The lowest BCUT2D eigenvalue weighted by atomic mass is 10.0. The highest BCUT2D eigenvalue weighted by molar-refractivity contribution is 7.91. The highest BCUT2D eigenvalue weighted by Gasteiger charge is 2.30. The average molecular weight is 380 g/mol. The normalized spacial score (nSPS) is 12.1. The van der Waals surface area contributed by atoms with Crippen LogP contribution in [0.1, 0.15) is 5.56 Å². The van der Waals surface area contributed by atoms with Crippen LogP contribution in [0.2, 0.25) is 0 Å². The highest BCUT2D eigenvalue weighted by Crippen LogP contribution is 2.31. The standard InChI is InChI=1S/C17H11F3N2O3S/c18-17(19,20)13-5-1-11(2-6-13)12-3-7-14(8-4-12)26(24,25)15-9-10-21-22-16(15)23/h1-10H,(H,22,23). The third-order valence-electron chi connectivity index (χ3n) is 3.69. The van der Waals surface area contributed by atoms with Gasteiger partial charge in [0.15, 0.2) is 0 Å². The van der Waals surface area contributed by atoms with E-state index in [2.05, 4.69) is 10.2 Å². The fourth-order valence-corrected chi connectivity index (χ4v) is 3.63. The summed E-state index contributed by atoms with van der Waals surface area (Å²) in [5.41, 5.74) is -0.554. The van der Waals surface area contributed by atoms with Gasteiger partial charge in [-0.15, -0.1) is 0 Å².